The summed E-state index contributed by atoms with van der Waals surface area (Å²) < 4.78 is 1.95. The van der Waals surface area contributed by atoms with Gasteiger partial charge in [0, 0.05) is 36.4 Å². The van der Waals surface area contributed by atoms with Gasteiger partial charge in [-0.15, -0.1) is 0 Å². The van der Waals surface area contributed by atoms with Gasteiger partial charge in [0.1, 0.15) is 0 Å². The minimum Gasteiger partial charge on any atom is -0.328 e. The molecule has 3 atom stereocenters. The van der Waals surface area contributed by atoms with E-state index in [0.717, 1.165) is 25.1 Å². The van der Waals surface area contributed by atoms with Crippen molar-refractivity contribution in [1.29, 1.82) is 0 Å². The highest BCUT2D eigenvalue weighted by molar-refractivity contribution is 5.31. The summed E-state index contributed by atoms with van der Waals surface area (Å²) in [7, 11) is 0. The van der Waals surface area contributed by atoms with Crippen LogP contribution in [0, 0.1) is 0 Å². The predicted octanol–water partition coefficient (Wildman–Crippen LogP) is 2.74. The van der Waals surface area contributed by atoms with E-state index in [9.17, 15) is 0 Å². The van der Waals surface area contributed by atoms with Gasteiger partial charge in [-0.1, -0.05) is 18.2 Å². The zero-order valence-electron chi connectivity index (χ0n) is 12.8. The SMILES string of the molecule is CC1CC(N)CCN1C(C)c1cnn(-c2ccccc2)c1. The van der Waals surface area contributed by atoms with Gasteiger partial charge in [-0.25, -0.2) is 4.68 Å². The first-order chi connectivity index (χ1) is 10.1. The second kappa shape index (κ2) is 6.00. The molecule has 4 heteroatoms. The van der Waals surface area contributed by atoms with Crippen molar-refractivity contribution < 1.29 is 0 Å². The van der Waals surface area contributed by atoms with Crippen LogP contribution in [-0.4, -0.2) is 33.3 Å². The molecular weight excluding hydrogens is 260 g/mol. The minimum atomic E-state index is 0.357. The van der Waals surface area contributed by atoms with E-state index in [2.05, 4.69) is 42.2 Å². The Morgan fingerprint density at radius 1 is 1.29 bits per heavy atom. The van der Waals surface area contributed by atoms with Crippen LogP contribution in [-0.2, 0) is 0 Å². The Hall–Kier alpha value is -1.65. The minimum absolute atomic E-state index is 0.357. The molecule has 1 aromatic heterocycles. The number of nitrogens with two attached hydrogens (primary N) is 1. The maximum absolute atomic E-state index is 6.06. The second-order valence-electron chi connectivity index (χ2n) is 6.10. The Labute approximate surface area is 126 Å². The van der Waals surface area contributed by atoms with E-state index in [1.54, 1.807) is 0 Å². The molecule has 2 heterocycles. The third-order valence-corrected chi connectivity index (χ3v) is 4.57. The number of hydrogen-bond donors (Lipinski definition) is 1. The van der Waals surface area contributed by atoms with E-state index < -0.39 is 0 Å². The second-order valence-corrected chi connectivity index (χ2v) is 6.10. The zero-order valence-corrected chi connectivity index (χ0v) is 12.8. The molecule has 1 fully saturated rings. The van der Waals surface area contributed by atoms with Crippen LogP contribution < -0.4 is 5.73 Å². The van der Waals surface area contributed by atoms with Gasteiger partial charge >= 0.3 is 0 Å². The average molecular weight is 284 g/mol. The summed E-state index contributed by atoms with van der Waals surface area (Å²) in [6, 6.07) is 11.5. The number of hydrogen-bond acceptors (Lipinski definition) is 3. The molecule has 1 aliphatic heterocycles. The molecular formula is C17H24N4. The highest BCUT2D eigenvalue weighted by Crippen LogP contribution is 2.28. The van der Waals surface area contributed by atoms with Crippen molar-refractivity contribution in [2.24, 2.45) is 5.73 Å². The number of benzene rings is 1. The highest BCUT2D eigenvalue weighted by Gasteiger charge is 2.28. The number of likely N-dealkylation sites (tertiary alicyclic amines) is 1. The molecule has 2 N–H and O–H groups in total. The van der Waals surface area contributed by atoms with Crippen LogP contribution in [0.3, 0.4) is 0 Å². The summed E-state index contributed by atoms with van der Waals surface area (Å²) in [5.41, 5.74) is 8.43. The van der Waals surface area contributed by atoms with Crippen molar-refractivity contribution in [1.82, 2.24) is 14.7 Å². The van der Waals surface area contributed by atoms with Crippen molar-refractivity contribution in [2.75, 3.05) is 6.54 Å². The molecule has 1 saturated heterocycles. The van der Waals surface area contributed by atoms with Crippen molar-refractivity contribution in [3.8, 4) is 5.69 Å². The molecule has 0 aliphatic carbocycles. The topological polar surface area (TPSA) is 47.1 Å². The summed E-state index contributed by atoms with van der Waals surface area (Å²) in [6.07, 6.45) is 6.29. The van der Waals surface area contributed by atoms with E-state index in [0.29, 0.717) is 18.1 Å². The van der Waals surface area contributed by atoms with E-state index in [-0.39, 0.29) is 0 Å². The molecule has 1 aliphatic rings. The van der Waals surface area contributed by atoms with Gasteiger partial charge < -0.3 is 5.73 Å². The number of para-hydroxylation sites is 1. The quantitative estimate of drug-likeness (QED) is 0.942. The average Bonchev–Trinajstić information content (AvgIpc) is 2.97. The lowest BCUT2D eigenvalue weighted by molar-refractivity contribution is 0.104. The highest BCUT2D eigenvalue weighted by atomic mass is 15.3. The predicted molar refractivity (Wildman–Crippen MR) is 85.4 cm³/mol. The third-order valence-electron chi connectivity index (χ3n) is 4.57. The standard InChI is InChI=1S/C17H24N4/c1-13-10-16(18)8-9-20(13)14(2)15-11-19-21(12-15)17-6-4-3-5-7-17/h3-7,11-14,16H,8-10,18H2,1-2H3. The zero-order chi connectivity index (χ0) is 14.8. The van der Waals surface area contributed by atoms with E-state index in [1.807, 2.05) is 29.1 Å². The molecule has 21 heavy (non-hydrogen) atoms. The fourth-order valence-corrected chi connectivity index (χ4v) is 3.27. The first-order valence-electron chi connectivity index (χ1n) is 7.76. The summed E-state index contributed by atoms with van der Waals surface area (Å²) in [5.74, 6) is 0. The molecule has 0 spiro atoms. The smallest absolute Gasteiger partial charge is 0.0645 e. The van der Waals surface area contributed by atoms with Gasteiger partial charge in [0.25, 0.3) is 0 Å². The molecule has 0 bridgehead atoms. The van der Waals surface area contributed by atoms with Gasteiger partial charge in [0.15, 0.2) is 0 Å². The number of aromatic nitrogens is 2. The Bertz CT molecular complexity index is 577. The van der Waals surface area contributed by atoms with E-state index in [1.165, 1.54) is 5.56 Å². The largest absolute Gasteiger partial charge is 0.328 e. The van der Waals surface area contributed by atoms with Gasteiger partial charge in [-0.2, -0.15) is 5.10 Å². The fourth-order valence-electron chi connectivity index (χ4n) is 3.27. The molecule has 1 aromatic carbocycles. The van der Waals surface area contributed by atoms with E-state index in [4.69, 9.17) is 5.73 Å². The molecule has 4 nitrogen and oxygen atoms in total. The van der Waals surface area contributed by atoms with Crippen LogP contribution in [0.25, 0.3) is 5.69 Å². The lowest BCUT2D eigenvalue weighted by Crippen LogP contribution is -2.46. The summed E-state index contributed by atoms with van der Waals surface area (Å²) >= 11 is 0. The van der Waals surface area contributed by atoms with Crippen molar-refractivity contribution in [3.05, 3.63) is 48.3 Å². The van der Waals surface area contributed by atoms with Crippen LogP contribution in [0.5, 0.6) is 0 Å². The monoisotopic (exact) mass is 284 g/mol. The Morgan fingerprint density at radius 3 is 2.76 bits per heavy atom. The van der Waals surface area contributed by atoms with Gasteiger partial charge in [-0.05, 0) is 38.8 Å². The molecule has 112 valence electrons. The Kier molecular flexibility index (Phi) is 4.08. The van der Waals surface area contributed by atoms with Crippen LogP contribution in [0.1, 0.15) is 38.3 Å². The van der Waals surface area contributed by atoms with Crippen molar-refractivity contribution in [3.63, 3.8) is 0 Å². The van der Waals surface area contributed by atoms with Crippen molar-refractivity contribution in [2.45, 2.75) is 44.8 Å². The van der Waals surface area contributed by atoms with E-state index >= 15 is 0 Å². The van der Waals surface area contributed by atoms with Gasteiger partial charge in [-0.3, -0.25) is 4.90 Å². The molecule has 0 radical (unpaired) electrons. The number of piperidine rings is 1. The molecule has 3 rings (SSSR count). The molecule has 2 aromatic rings. The molecule has 0 amide bonds. The lowest BCUT2D eigenvalue weighted by Gasteiger charge is -2.40. The van der Waals surface area contributed by atoms with Crippen LogP contribution in [0.4, 0.5) is 0 Å². The third kappa shape index (κ3) is 3.01. The number of nitrogens with zero attached hydrogens (tertiary/aromatic N) is 3. The van der Waals surface area contributed by atoms with Crippen LogP contribution in [0.2, 0.25) is 0 Å². The van der Waals surface area contributed by atoms with Gasteiger partial charge in [0.2, 0.25) is 0 Å². The summed E-state index contributed by atoms with van der Waals surface area (Å²) in [6.45, 7) is 5.61. The van der Waals surface area contributed by atoms with Crippen LogP contribution >= 0.6 is 0 Å². The normalized spacial score (nSPS) is 24.9. The van der Waals surface area contributed by atoms with Crippen LogP contribution in [0.15, 0.2) is 42.7 Å². The lowest BCUT2D eigenvalue weighted by atomic mass is 9.96. The first-order valence-corrected chi connectivity index (χ1v) is 7.76. The molecule has 3 unspecified atom stereocenters. The Balaban J connectivity index is 1.77. The Morgan fingerprint density at radius 2 is 2.05 bits per heavy atom. The maximum Gasteiger partial charge on any atom is 0.0645 e. The first kappa shape index (κ1) is 14.3. The fraction of sp³-hybridized carbons (Fsp3) is 0.471. The summed E-state index contributed by atoms with van der Waals surface area (Å²) in [4.78, 5) is 2.54. The summed E-state index contributed by atoms with van der Waals surface area (Å²) in [5, 5.41) is 4.51. The maximum atomic E-state index is 6.06. The van der Waals surface area contributed by atoms with Crippen molar-refractivity contribution >= 4 is 0 Å². The molecule has 0 saturated carbocycles. The number of rotatable bonds is 3. The van der Waals surface area contributed by atoms with Gasteiger partial charge in [0.05, 0.1) is 11.9 Å².